The quantitative estimate of drug-likeness (QED) is 0.0947. The van der Waals surface area contributed by atoms with Gasteiger partial charge in [-0.2, -0.15) is 0 Å². The summed E-state index contributed by atoms with van der Waals surface area (Å²) in [7, 11) is 0. The van der Waals surface area contributed by atoms with Crippen molar-refractivity contribution >= 4 is 28.4 Å². The first kappa shape index (κ1) is 33.4. The highest BCUT2D eigenvalue weighted by molar-refractivity contribution is 6.12. The number of phenolic OH excluding ortho intramolecular Hbond substituents is 3. The predicted molar refractivity (Wildman–Crippen MR) is 188 cm³/mol. The van der Waals surface area contributed by atoms with Gasteiger partial charge in [-0.15, -0.1) is 0 Å². The molecule has 0 radical (unpaired) electrons. The number of phenols is 3. The van der Waals surface area contributed by atoms with Crippen molar-refractivity contribution in [1.29, 1.82) is 0 Å². The number of para-hydroxylation sites is 1. The SMILES string of the molecule is C/C1=C/C(C)C/C=C/[C@H]2C3O[C@]3(C)[C@@H](C)[C@H]3[C@H](Cc4c[nH]c5ccccc45)NC(=O)[C@@]32C(=O)C2C3OC(c4c(C)c(O)c(O)c(O)c43)C2C(=O)C1O. The van der Waals surface area contributed by atoms with Gasteiger partial charge in [-0.3, -0.25) is 14.4 Å². The first-order valence-electron chi connectivity index (χ1n) is 18.3. The molecule has 11 heteroatoms. The Morgan fingerprint density at radius 1 is 0.962 bits per heavy atom. The third-order valence-corrected chi connectivity index (χ3v) is 13.7. The molecule has 1 saturated carbocycles. The van der Waals surface area contributed by atoms with Gasteiger partial charge in [-0.05, 0) is 68.2 Å². The molecular weight excluding hydrogens is 664 g/mol. The molecule has 1 aromatic heterocycles. The maximum Gasteiger partial charge on any atom is 0.235 e. The Balaban J connectivity index is 1.26. The molecular formula is C41H44N2O9. The molecule has 13 atom stereocenters. The van der Waals surface area contributed by atoms with Crippen LogP contribution in [0.4, 0.5) is 0 Å². The Morgan fingerprint density at radius 3 is 2.46 bits per heavy atom. The highest BCUT2D eigenvalue weighted by atomic mass is 16.6. The topological polar surface area (TPSA) is 182 Å². The van der Waals surface area contributed by atoms with E-state index in [2.05, 4.69) is 10.3 Å². The van der Waals surface area contributed by atoms with Crippen LogP contribution in [-0.4, -0.2) is 66.7 Å². The molecule has 7 unspecified atom stereocenters. The van der Waals surface area contributed by atoms with E-state index >= 15 is 9.59 Å². The van der Waals surface area contributed by atoms with E-state index in [1.54, 1.807) is 13.8 Å². The van der Waals surface area contributed by atoms with Gasteiger partial charge in [0, 0.05) is 46.1 Å². The van der Waals surface area contributed by atoms with Gasteiger partial charge in [0.25, 0.3) is 0 Å². The Bertz CT molecular complexity index is 2150. The summed E-state index contributed by atoms with van der Waals surface area (Å²) >= 11 is 0. The number of ether oxygens (including phenoxy) is 2. The molecule has 2 bridgehead atoms. The number of aliphatic hydroxyl groups excluding tert-OH is 1. The Hall–Kier alpha value is -4.45. The number of ketones is 2. The van der Waals surface area contributed by atoms with E-state index in [1.807, 2.05) is 69.5 Å². The number of hydrogen-bond donors (Lipinski definition) is 6. The number of amides is 1. The highest BCUT2D eigenvalue weighted by Crippen LogP contribution is 2.70. The minimum Gasteiger partial charge on any atom is -0.504 e. The second kappa shape index (κ2) is 11.0. The van der Waals surface area contributed by atoms with Crippen LogP contribution in [0.15, 0.2) is 54.3 Å². The van der Waals surface area contributed by atoms with Crippen LogP contribution in [0.2, 0.25) is 0 Å². The van der Waals surface area contributed by atoms with Crippen molar-refractivity contribution in [3.05, 3.63) is 76.5 Å². The fourth-order valence-corrected chi connectivity index (χ4v) is 11.1. The number of aliphatic hydroxyl groups is 1. The van der Waals surface area contributed by atoms with Crippen molar-refractivity contribution in [2.24, 2.45) is 40.9 Å². The van der Waals surface area contributed by atoms with E-state index < -0.39 is 99.9 Å². The molecule has 1 spiro atoms. The monoisotopic (exact) mass is 708 g/mol. The van der Waals surface area contributed by atoms with Crippen LogP contribution >= 0.6 is 0 Å². The zero-order chi connectivity index (χ0) is 36.8. The highest BCUT2D eigenvalue weighted by Gasteiger charge is 2.80. The second-order valence-corrected chi connectivity index (χ2v) is 16.3. The molecule has 9 rings (SSSR count). The first-order chi connectivity index (χ1) is 24.7. The van der Waals surface area contributed by atoms with Crippen LogP contribution in [0.25, 0.3) is 10.9 Å². The standard InChI is InChI=1S/C41H44N2O9/c1-16-9-8-11-22-38-40(5,52-38)19(4)29-24(14-20-15-42-23-12-7-6-10-21(20)23)43-39(50)41(22,29)37(49)28-27(32(46)30(44)17(2)13-16)35-25-18(3)31(45)34(48)33(47)26(25)36(28)51-35/h6-8,10-13,15-16,19,22,24,27-30,35-36,38,42,44-45,47-48H,9,14H2,1-5H3,(H,43,50)/b11-8+,17-13-/t16?,19-,22-,24-,27?,28?,29-,30?,35?,36?,38?,40+,41+/m0/s1. The summed E-state index contributed by atoms with van der Waals surface area (Å²) in [6.45, 7) is 9.29. The molecule has 2 aromatic carbocycles. The third kappa shape index (κ3) is 4.10. The van der Waals surface area contributed by atoms with Crippen molar-refractivity contribution in [2.75, 3.05) is 0 Å². The number of aromatic amines is 1. The lowest BCUT2D eigenvalue weighted by Gasteiger charge is -2.48. The van der Waals surface area contributed by atoms with Crippen LogP contribution in [0.5, 0.6) is 17.2 Å². The zero-order valence-corrected chi connectivity index (χ0v) is 29.7. The molecule has 4 fully saturated rings. The fourth-order valence-electron chi connectivity index (χ4n) is 11.1. The number of aromatic hydroxyl groups is 3. The van der Waals surface area contributed by atoms with Crippen LogP contribution in [0.1, 0.15) is 68.6 Å². The molecule has 11 nitrogen and oxygen atoms in total. The summed E-state index contributed by atoms with van der Waals surface area (Å²) in [6, 6.07) is 7.47. The van der Waals surface area contributed by atoms with Crippen LogP contribution < -0.4 is 5.32 Å². The lowest BCUT2D eigenvalue weighted by atomic mass is 9.49. The van der Waals surface area contributed by atoms with Gasteiger partial charge < -0.3 is 40.2 Å². The fraction of sp³-hybridized carbons (Fsp3) is 0.488. The average molecular weight is 709 g/mol. The lowest BCUT2D eigenvalue weighted by molar-refractivity contribution is -0.155. The number of benzene rings is 2. The third-order valence-electron chi connectivity index (χ3n) is 13.7. The Kier molecular flexibility index (Phi) is 7.09. The number of carbonyl (C=O) groups is 3. The maximum atomic E-state index is 16.0. The predicted octanol–water partition coefficient (Wildman–Crippen LogP) is 4.76. The molecule has 52 heavy (non-hydrogen) atoms. The van der Waals surface area contributed by atoms with E-state index in [0.717, 1.165) is 16.5 Å². The molecule has 272 valence electrons. The van der Waals surface area contributed by atoms with E-state index in [0.29, 0.717) is 24.0 Å². The number of fused-ring (bicyclic) bond motifs is 11. The van der Waals surface area contributed by atoms with E-state index in [-0.39, 0.29) is 23.0 Å². The van der Waals surface area contributed by atoms with E-state index in [9.17, 15) is 25.2 Å². The molecule has 6 N–H and O–H groups in total. The number of epoxide rings is 1. The summed E-state index contributed by atoms with van der Waals surface area (Å²) < 4.78 is 13.0. The van der Waals surface area contributed by atoms with Gasteiger partial charge >= 0.3 is 0 Å². The molecule has 4 aliphatic heterocycles. The Morgan fingerprint density at radius 2 is 1.69 bits per heavy atom. The summed E-state index contributed by atoms with van der Waals surface area (Å²) in [5.74, 6) is -7.63. The van der Waals surface area contributed by atoms with Gasteiger partial charge in [0.1, 0.15) is 11.5 Å². The lowest BCUT2D eigenvalue weighted by Crippen LogP contribution is -2.61. The van der Waals surface area contributed by atoms with Crippen LogP contribution in [0, 0.1) is 47.8 Å². The summed E-state index contributed by atoms with van der Waals surface area (Å²) in [6.07, 6.45) is 4.36. The normalized spacial score (nSPS) is 42.1. The summed E-state index contributed by atoms with van der Waals surface area (Å²) in [5.41, 5.74) is 0.723. The molecule has 3 aromatic rings. The number of aromatic nitrogens is 1. The zero-order valence-electron chi connectivity index (χ0n) is 29.7. The van der Waals surface area contributed by atoms with Crippen LogP contribution in [0.3, 0.4) is 0 Å². The maximum absolute atomic E-state index is 16.0. The minimum absolute atomic E-state index is 0.0742. The number of Topliss-reactive ketones (excluding diaryl/α,β-unsaturated/α-hetero) is 2. The van der Waals surface area contributed by atoms with Gasteiger partial charge in [-0.25, -0.2) is 0 Å². The molecule has 3 saturated heterocycles. The molecule has 6 aliphatic rings. The number of nitrogens with one attached hydrogen (secondary N) is 2. The Labute approximate surface area is 300 Å². The number of H-pyrrole nitrogens is 1. The second-order valence-electron chi connectivity index (χ2n) is 16.3. The van der Waals surface area contributed by atoms with Gasteiger partial charge in [-0.1, -0.05) is 50.3 Å². The summed E-state index contributed by atoms with van der Waals surface area (Å²) in [4.78, 5) is 49.0. The molecule has 2 aliphatic carbocycles. The number of carbonyl (C=O) groups excluding carboxylic acids is 3. The van der Waals surface area contributed by atoms with Crippen molar-refractivity contribution in [3.63, 3.8) is 0 Å². The number of rotatable bonds is 2. The number of allylic oxidation sites excluding steroid dienone is 2. The van der Waals surface area contributed by atoms with Gasteiger partial charge in [0.15, 0.2) is 23.1 Å². The van der Waals surface area contributed by atoms with Crippen molar-refractivity contribution in [2.45, 2.75) is 83.5 Å². The molecule has 5 heterocycles. The van der Waals surface area contributed by atoms with Gasteiger partial charge in [0.05, 0.1) is 35.7 Å². The smallest absolute Gasteiger partial charge is 0.235 e. The average Bonchev–Trinajstić information content (AvgIpc) is 3.48. The largest absolute Gasteiger partial charge is 0.504 e. The van der Waals surface area contributed by atoms with E-state index in [4.69, 9.17) is 9.47 Å². The van der Waals surface area contributed by atoms with Crippen molar-refractivity contribution in [1.82, 2.24) is 10.3 Å². The first-order valence-corrected chi connectivity index (χ1v) is 18.3. The minimum atomic E-state index is -1.70. The van der Waals surface area contributed by atoms with Crippen molar-refractivity contribution < 1.29 is 44.3 Å². The number of hydrogen-bond acceptors (Lipinski definition) is 9. The van der Waals surface area contributed by atoms with Crippen molar-refractivity contribution in [3.8, 4) is 17.2 Å². The van der Waals surface area contributed by atoms with Gasteiger partial charge in [0.2, 0.25) is 11.7 Å². The van der Waals surface area contributed by atoms with Crippen LogP contribution in [-0.2, 0) is 30.3 Å². The molecule has 1 amide bonds. The van der Waals surface area contributed by atoms with E-state index in [1.165, 1.54) is 0 Å². The summed E-state index contributed by atoms with van der Waals surface area (Å²) in [5, 5.41) is 48.6.